The zero-order chi connectivity index (χ0) is 39.5. The van der Waals surface area contributed by atoms with Crippen molar-refractivity contribution in [1.82, 2.24) is 15.0 Å². The minimum atomic E-state index is -0.100. The Morgan fingerprint density at radius 2 is 0.966 bits per heavy atom. The predicted molar refractivity (Wildman–Crippen MR) is 245 cm³/mol. The summed E-state index contributed by atoms with van der Waals surface area (Å²) < 4.78 is 0. The summed E-state index contributed by atoms with van der Waals surface area (Å²) in [4.78, 5) is 14.8. The fourth-order valence-corrected chi connectivity index (χ4v) is 9.23. The van der Waals surface area contributed by atoms with Gasteiger partial charge in [0.25, 0.3) is 0 Å². The quantitative estimate of drug-likeness (QED) is 0.170. The highest BCUT2D eigenvalue weighted by atomic mass is 14.9. The molecule has 2 heterocycles. The lowest BCUT2D eigenvalue weighted by atomic mass is 9.79. The smallest absolute Gasteiger partial charge is 0.161 e. The molecule has 0 atom stereocenters. The molecule has 0 amide bonds. The average Bonchev–Trinajstić information content (AvgIpc) is 3.54. The van der Waals surface area contributed by atoms with Crippen LogP contribution in [0, 0.1) is 0 Å². The molecule has 59 heavy (non-hydrogen) atoms. The zero-order valence-corrected chi connectivity index (χ0v) is 32.9. The van der Waals surface area contributed by atoms with Gasteiger partial charge in [0.1, 0.15) is 0 Å². The van der Waals surface area contributed by atoms with Crippen LogP contribution in [0.3, 0.4) is 0 Å². The van der Waals surface area contributed by atoms with Crippen molar-refractivity contribution in [2.45, 2.75) is 19.3 Å². The Hall–Kier alpha value is -7.49. The minimum Gasteiger partial charge on any atom is -0.264 e. The molecule has 0 spiro atoms. The Morgan fingerprint density at radius 1 is 0.373 bits per heavy atom. The fourth-order valence-electron chi connectivity index (χ4n) is 9.23. The number of pyridine rings is 1. The van der Waals surface area contributed by atoms with Crippen LogP contribution in [0.4, 0.5) is 0 Å². The molecule has 0 aliphatic heterocycles. The fraction of sp³-hybridized carbons (Fsp3) is 0.0536. The summed E-state index contributed by atoms with van der Waals surface area (Å²) in [6, 6.07) is 67.5. The first-order valence-corrected chi connectivity index (χ1v) is 20.2. The van der Waals surface area contributed by atoms with Gasteiger partial charge in [-0.05, 0) is 102 Å². The Balaban J connectivity index is 0.970. The van der Waals surface area contributed by atoms with Gasteiger partial charge in [0.05, 0.1) is 11.4 Å². The number of hydrogen-bond donors (Lipinski definition) is 0. The first-order chi connectivity index (χ1) is 29.0. The van der Waals surface area contributed by atoms with E-state index in [0.717, 1.165) is 50.0 Å². The van der Waals surface area contributed by atoms with Crippen LogP contribution >= 0.6 is 0 Å². The van der Waals surface area contributed by atoms with Gasteiger partial charge in [0.2, 0.25) is 0 Å². The number of nitrogens with zero attached hydrogens (tertiary/aromatic N) is 3. The molecule has 278 valence electrons. The Morgan fingerprint density at radius 3 is 1.76 bits per heavy atom. The monoisotopic (exact) mass is 753 g/mol. The highest BCUT2D eigenvalue weighted by Gasteiger charge is 2.37. The van der Waals surface area contributed by atoms with Gasteiger partial charge in [-0.2, -0.15) is 0 Å². The average molecular weight is 754 g/mol. The highest BCUT2D eigenvalue weighted by Crippen LogP contribution is 2.52. The maximum atomic E-state index is 5.27. The molecule has 8 aromatic carbocycles. The number of benzene rings is 8. The van der Waals surface area contributed by atoms with Crippen LogP contribution in [-0.2, 0) is 5.41 Å². The summed E-state index contributed by atoms with van der Waals surface area (Å²) in [5.41, 5.74) is 17.2. The molecule has 0 saturated carbocycles. The van der Waals surface area contributed by atoms with Gasteiger partial charge in [0, 0.05) is 40.1 Å². The van der Waals surface area contributed by atoms with Crippen LogP contribution in [0.15, 0.2) is 200 Å². The van der Waals surface area contributed by atoms with E-state index in [0.29, 0.717) is 5.82 Å². The van der Waals surface area contributed by atoms with Crippen LogP contribution in [0.2, 0.25) is 0 Å². The number of fused-ring (bicyclic) bond motifs is 6. The molecular weight excluding hydrogens is 715 g/mol. The van der Waals surface area contributed by atoms with Crippen molar-refractivity contribution in [3.63, 3.8) is 0 Å². The molecular formula is C56H39N3. The lowest BCUT2D eigenvalue weighted by Crippen LogP contribution is -2.15. The van der Waals surface area contributed by atoms with E-state index in [9.17, 15) is 0 Å². The second kappa shape index (κ2) is 13.9. The Labute approximate surface area is 344 Å². The van der Waals surface area contributed by atoms with Crippen molar-refractivity contribution >= 4 is 21.5 Å². The van der Waals surface area contributed by atoms with Crippen molar-refractivity contribution < 1.29 is 0 Å². The number of aromatic nitrogens is 3. The molecule has 0 radical (unpaired) electrons. The number of hydrogen-bond acceptors (Lipinski definition) is 3. The van der Waals surface area contributed by atoms with Crippen LogP contribution in [0.5, 0.6) is 0 Å². The minimum absolute atomic E-state index is 0.100. The molecule has 1 aliphatic carbocycles. The first kappa shape index (κ1) is 34.7. The maximum absolute atomic E-state index is 5.27. The highest BCUT2D eigenvalue weighted by molar-refractivity contribution is 6.04. The van der Waals surface area contributed by atoms with E-state index in [1.807, 2.05) is 18.3 Å². The van der Waals surface area contributed by atoms with Gasteiger partial charge in [-0.1, -0.05) is 172 Å². The molecule has 3 nitrogen and oxygen atoms in total. The molecule has 1 aliphatic rings. The normalized spacial score (nSPS) is 12.7. The zero-order valence-electron chi connectivity index (χ0n) is 32.9. The first-order valence-electron chi connectivity index (χ1n) is 20.2. The van der Waals surface area contributed by atoms with E-state index in [-0.39, 0.29) is 5.41 Å². The molecule has 0 unspecified atom stereocenters. The predicted octanol–water partition coefficient (Wildman–Crippen LogP) is 14.5. The third-order valence-corrected chi connectivity index (χ3v) is 12.2. The van der Waals surface area contributed by atoms with Crippen molar-refractivity contribution in [3.05, 3.63) is 212 Å². The van der Waals surface area contributed by atoms with Gasteiger partial charge in [0.15, 0.2) is 5.82 Å². The van der Waals surface area contributed by atoms with E-state index < -0.39 is 0 Å². The standard InChI is InChI=1S/C56H39N3/c1-56(2)51-33-41(26-27-48(51)49-28-25-37-12-6-7-18-45(37)54(49)56)36-21-23-38(24-22-36)44-29-30-50(47-20-9-8-19-46(44)47)55-58-52(39-13-4-3-5-14-39)34-53(59-55)42-16-10-15-40(32-42)43-17-11-31-57-35-43/h3-35H,1-2H3. The lowest BCUT2D eigenvalue weighted by molar-refractivity contribution is 0.666. The maximum Gasteiger partial charge on any atom is 0.161 e. The van der Waals surface area contributed by atoms with E-state index in [1.165, 1.54) is 55.3 Å². The van der Waals surface area contributed by atoms with Gasteiger partial charge in [-0.3, -0.25) is 4.98 Å². The number of rotatable bonds is 6. The van der Waals surface area contributed by atoms with E-state index in [4.69, 9.17) is 9.97 Å². The lowest BCUT2D eigenvalue weighted by Gasteiger charge is -2.23. The summed E-state index contributed by atoms with van der Waals surface area (Å²) in [6.45, 7) is 4.74. The van der Waals surface area contributed by atoms with Crippen LogP contribution < -0.4 is 0 Å². The molecule has 3 heteroatoms. The van der Waals surface area contributed by atoms with Crippen molar-refractivity contribution in [1.29, 1.82) is 0 Å². The summed E-state index contributed by atoms with van der Waals surface area (Å²) in [7, 11) is 0. The molecule has 0 fully saturated rings. The summed E-state index contributed by atoms with van der Waals surface area (Å²) in [5.74, 6) is 0.695. The van der Waals surface area contributed by atoms with Gasteiger partial charge in [-0.15, -0.1) is 0 Å². The molecule has 0 saturated heterocycles. The van der Waals surface area contributed by atoms with E-state index >= 15 is 0 Å². The summed E-state index contributed by atoms with van der Waals surface area (Å²) in [5, 5.41) is 4.92. The molecule has 2 aromatic heterocycles. The van der Waals surface area contributed by atoms with Crippen LogP contribution in [0.1, 0.15) is 25.0 Å². The Bertz CT molecular complexity index is 3220. The van der Waals surface area contributed by atoms with Gasteiger partial charge >= 0.3 is 0 Å². The molecule has 11 rings (SSSR count). The second-order valence-corrected chi connectivity index (χ2v) is 16.0. The van der Waals surface area contributed by atoms with Crippen molar-refractivity contribution in [3.8, 4) is 78.4 Å². The van der Waals surface area contributed by atoms with Crippen molar-refractivity contribution in [2.24, 2.45) is 0 Å². The van der Waals surface area contributed by atoms with E-state index in [1.54, 1.807) is 6.20 Å². The van der Waals surface area contributed by atoms with Gasteiger partial charge in [-0.25, -0.2) is 9.97 Å². The second-order valence-electron chi connectivity index (χ2n) is 16.0. The van der Waals surface area contributed by atoms with E-state index in [2.05, 4.69) is 195 Å². The largest absolute Gasteiger partial charge is 0.264 e. The SMILES string of the molecule is CC1(C)c2cc(-c3ccc(-c4ccc(-c5nc(-c6ccccc6)cc(-c6cccc(-c7cccnc7)c6)n5)c5ccccc45)cc3)ccc2-c2ccc3ccccc3c21. The topological polar surface area (TPSA) is 38.7 Å². The molecule has 0 N–H and O–H groups in total. The Kier molecular flexibility index (Phi) is 8.16. The van der Waals surface area contributed by atoms with Crippen LogP contribution in [-0.4, -0.2) is 15.0 Å². The van der Waals surface area contributed by atoms with Crippen molar-refractivity contribution in [2.75, 3.05) is 0 Å². The molecule has 0 bridgehead atoms. The van der Waals surface area contributed by atoms with Gasteiger partial charge < -0.3 is 0 Å². The summed E-state index contributed by atoms with van der Waals surface area (Å²) >= 11 is 0. The summed E-state index contributed by atoms with van der Waals surface area (Å²) in [6.07, 6.45) is 3.70. The van der Waals surface area contributed by atoms with Crippen LogP contribution in [0.25, 0.3) is 100.0 Å². The third-order valence-electron chi connectivity index (χ3n) is 12.2. The third kappa shape index (κ3) is 5.94. The molecule has 10 aromatic rings.